The zero-order valence-electron chi connectivity index (χ0n) is 9.39. The molecule has 0 radical (unpaired) electrons. The van der Waals surface area contributed by atoms with E-state index in [4.69, 9.17) is 17.0 Å². The Hall–Kier alpha value is -0.100. The molecule has 0 atom stereocenters. The van der Waals surface area contributed by atoms with Crippen LogP contribution < -0.4 is 0 Å². The van der Waals surface area contributed by atoms with Crippen molar-refractivity contribution in [3.8, 4) is 0 Å². The molecule has 0 bridgehead atoms. The van der Waals surface area contributed by atoms with Gasteiger partial charge in [0.15, 0.2) is 0 Å². The number of thiocarbonyl (C=S) groups is 1. The van der Waals surface area contributed by atoms with Gasteiger partial charge in [-0.1, -0.05) is 52.0 Å². The molecule has 0 amide bonds. The minimum absolute atomic E-state index is 0.791. The summed E-state index contributed by atoms with van der Waals surface area (Å²) in [6.07, 6.45) is 0. The molecule has 2 rings (SSSR count). The van der Waals surface area contributed by atoms with Gasteiger partial charge in [-0.3, -0.25) is 0 Å². The number of hydrogen-bond acceptors (Lipinski definition) is 3. The smallest absolute Gasteiger partial charge is 0.136 e. The minimum atomic E-state index is 0.791. The number of halogens is 1. The lowest BCUT2D eigenvalue weighted by Gasteiger charge is -2.28. The average molecular weight is 332 g/mol. The molecule has 1 aliphatic heterocycles. The van der Waals surface area contributed by atoms with Crippen LogP contribution in [0.25, 0.3) is 0 Å². The van der Waals surface area contributed by atoms with E-state index in [1.165, 1.54) is 5.56 Å². The lowest BCUT2D eigenvalue weighted by molar-refractivity contribution is 0.0702. The first kappa shape index (κ1) is 13.3. The molecule has 92 valence electrons. The van der Waals surface area contributed by atoms with Crippen LogP contribution in [-0.2, 0) is 10.5 Å². The molecule has 1 aromatic carbocycles. The van der Waals surface area contributed by atoms with E-state index >= 15 is 0 Å². The van der Waals surface area contributed by atoms with Gasteiger partial charge in [-0.15, -0.1) is 0 Å². The van der Waals surface area contributed by atoms with Crippen LogP contribution in [0.1, 0.15) is 5.56 Å². The summed E-state index contributed by atoms with van der Waals surface area (Å²) in [5.41, 5.74) is 1.30. The number of ether oxygens (including phenoxy) is 1. The van der Waals surface area contributed by atoms with Crippen molar-refractivity contribution in [1.82, 2.24) is 4.90 Å². The highest BCUT2D eigenvalue weighted by Gasteiger charge is 2.13. The molecule has 0 unspecified atom stereocenters. The van der Waals surface area contributed by atoms with Gasteiger partial charge in [0.05, 0.1) is 13.2 Å². The number of thioether (sulfide) groups is 1. The van der Waals surface area contributed by atoms with E-state index < -0.39 is 0 Å². The van der Waals surface area contributed by atoms with Crippen molar-refractivity contribution in [2.45, 2.75) is 5.75 Å². The number of benzene rings is 1. The lowest BCUT2D eigenvalue weighted by Crippen LogP contribution is -2.38. The van der Waals surface area contributed by atoms with Gasteiger partial charge in [0.1, 0.15) is 4.32 Å². The Kier molecular flexibility index (Phi) is 5.28. The first-order valence-electron chi connectivity index (χ1n) is 5.49. The van der Waals surface area contributed by atoms with E-state index in [-0.39, 0.29) is 0 Å². The normalized spacial score (nSPS) is 15.9. The van der Waals surface area contributed by atoms with E-state index in [0.717, 1.165) is 40.8 Å². The Morgan fingerprint density at radius 1 is 1.29 bits per heavy atom. The summed E-state index contributed by atoms with van der Waals surface area (Å²) in [7, 11) is 0. The van der Waals surface area contributed by atoms with E-state index in [0.29, 0.717) is 0 Å². The van der Waals surface area contributed by atoms with E-state index in [2.05, 4.69) is 45.1 Å². The number of nitrogens with zero attached hydrogens (tertiary/aromatic N) is 1. The second-order valence-electron chi connectivity index (χ2n) is 3.78. The van der Waals surface area contributed by atoms with Crippen LogP contribution in [-0.4, -0.2) is 35.5 Å². The van der Waals surface area contributed by atoms with E-state index in [9.17, 15) is 0 Å². The summed E-state index contributed by atoms with van der Waals surface area (Å²) in [4.78, 5) is 2.22. The van der Waals surface area contributed by atoms with Gasteiger partial charge >= 0.3 is 0 Å². The molecule has 1 aliphatic rings. The maximum Gasteiger partial charge on any atom is 0.136 e. The van der Waals surface area contributed by atoms with Crippen LogP contribution in [0, 0.1) is 0 Å². The molecule has 0 aromatic heterocycles. The summed E-state index contributed by atoms with van der Waals surface area (Å²) in [5, 5.41) is 0. The van der Waals surface area contributed by atoms with Crippen molar-refractivity contribution in [3.05, 3.63) is 34.3 Å². The van der Waals surface area contributed by atoms with Crippen molar-refractivity contribution in [2.75, 3.05) is 26.3 Å². The molecular formula is C12H14BrNOS2. The van der Waals surface area contributed by atoms with Crippen LogP contribution in [0.4, 0.5) is 0 Å². The lowest BCUT2D eigenvalue weighted by atomic mass is 10.2. The maximum atomic E-state index is 5.42. The Balaban J connectivity index is 1.81. The maximum absolute atomic E-state index is 5.42. The van der Waals surface area contributed by atoms with Gasteiger partial charge in [0.2, 0.25) is 0 Å². The standard InChI is InChI=1S/C12H14BrNOS2/c13-11-3-1-10(2-4-11)9-17-12(16)14-5-7-15-8-6-14/h1-4H,5-9H2. The number of hydrogen-bond donors (Lipinski definition) is 0. The molecule has 1 fully saturated rings. The SMILES string of the molecule is S=C(SCc1ccc(Br)cc1)N1CCOCC1. The van der Waals surface area contributed by atoms with Crippen molar-refractivity contribution in [2.24, 2.45) is 0 Å². The number of rotatable bonds is 2. The van der Waals surface area contributed by atoms with Gasteiger partial charge < -0.3 is 9.64 Å². The van der Waals surface area contributed by atoms with Crippen molar-refractivity contribution < 1.29 is 4.74 Å². The highest BCUT2D eigenvalue weighted by Crippen LogP contribution is 2.19. The van der Waals surface area contributed by atoms with Crippen molar-refractivity contribution >= 4 is 44.2 Å². The van der Waals surface area contributed by atoms with Crippen LogP contribution in [0.3, 0.4) is 0 Å². The molecule has 0 aliphatic carbocycles. The third-order valence-electron chi connectivity index (χ3n) is 2.54. The predicted octanol–water partition coefficient (Wildman–Crippen LogP) is 3.30. The molecule has 2 nitrogen and oxygen atoms in total. The third-order valence-corrected chi connectivity index (χ3v) is 4.67. The first-order chi connectivity index (χ1) is 8.25. The molecule has 0 saturated carbocycles. The molecule has 1 heterocycles. The first-order valence-corrected chi connectivity index (χ1v) is 7.68. The summed E-state index contributed by atoms with van der Waals surface area (Å²) >= 11 is 10.6. The highest BCUT2D eigenvalue weighted by molar-refractivity contribution is 9.10. The minimum Gasteiger partial charge on any atom is -0.378 e. The Morgan fingerprint density at radius 2 is 1.94 bits per heavy atom. The van der Waals surface area contributed by atoms with E-state index in [1.54, 1.807) is 11.8 Å². The predicted molar refractivity (Wildman–Crippen MR) is 80.4 cm³/mol. The Bertz CT molecular complexity index is 377. The van der Waals surface area contributed by atoms with Gasteiger partial charge in [0.25, 0.3) is 0 Å². The zero-order chi connectivity index (χ0) is 12.1. The van der Waals surface area contributed by atoms with Crippen LogP contribution in [0.15, 0.2) is 28.7 Å². The van der Waals surface area contributed by atoms with Crippen molar-refractivity contribution in [1.29, 1.82) is 0 Å². The molecule has 1 saturated heterocycles. The average Bonchev–Trinajstić information content (AvgIpc) is 2.39. The topological polar surface area (TPSA) is 12.5 Å². The highest BCUT2D eigenvalue weighted by atomic mass is 79.9. The van der Waals surface area contributed by atoms with Gasteiger partial charge in [-0.05, 0) is 17.7 Å². The van der Waals surface area contributed by atoms with Gasteiger partial charge in [-0.25, -0.2) is 0 Å². The summed E-state index contributed by atoms with van der Waals surface area (Å²) < 4.78 is 7.41. The van der Waals surface area contributed by atoms with Gasteiger partial charge in [0, 0.05) is 23.3 Å². The van der Waals surface area contributed by atoms with E-state index in [1.807, 2.05) is 0 Å². The van der Waals surface area contributed by atoms with Crippen molar-refractivity contribution in [3.63, 3.8) is 0 Å². The summed E-state index contributed by atoms with van der Waals surface area (Å²) in [5.74, 6) is 0.934. The van der Waals surface area contributed by atoms with Crippen LogP contribution in [0.5, 0.6) is 0 Å². The fourth-order valence-corrected chi connectivity index (χ4v) is 3.03. The largest absolute Gasteiger partial charge is 0.378 e. The molecule has 17 heavy (non-hydrogen) atoms. The Labute approximate surface area is 120 Å². The fraction of sp³-hybridized carbons (Fsp3) is 0.417. The molecule has 0 N–H and O–H groups in total. The second kappa shape index (κ2) is 6.73. The monoisotopic (exact) mass is 331 g/mol. The Morgan fingerprint density at radius 3 is 2.59 bits per heavy atom. The number of morpholine rings is 1. The summed E-state index contributed by atoms with van der Waals surface area (Å²) in [6.45, 7) is 3.43. The zero-order valence-corrected chi connectivity index (χ0v) is 12.6. The van der Waals surface area contributed by atoms with Gasteiger partial charge in [-0.2, -0.15) is 0 Å². The third kappa shape index (κ3) is 4.25. The van der Waals surface area contributed by atoms with Crippen LogP contribution >= 0.6 is 39.9 Å². The molecule has 0 spiro atoms. The second-order valence-corrected chi connectivity index (χ2v) is 6.31. The van der Waals surface area contributed by atoms with Crippen LogP contribution in [0.2, 0.25) is 0 Å². The molecule has 5 heteroatoms. The molecular weight excluding hydrogens is 318 g/mol. The molecule has 1 aromatic rings. The fourth-order valence-electron chi connectivity index (χ4n) is 1.56. The summed E-state index contributed by atoms with van der Waals surface area (Å²) in [6, 6.07) is 8.37. The quantitative estimate of drug-likeness (QED) is 0.770.